The number of aliphatic imine (C=N–C) groups is 1. The van der Waals surface area contributed by atoms with Gasteiger partial charge in [-0.25, -0.2) is 4.79 Å². The van der Waals surface area contributed by atoms with E-state index < -0.39 is 53.8 Å². The van der Waals surface area contributed by atoms with Crippen molar-refractivity contribution in [3.8, 4) is 0 Å². The molecule has 0 unspecified atom stereocenters. The minimum Gasteiger partial charge on any atom is -0.481 e. The molecule has 2 heterocycles. The number of nitrogens with zero attached hydrogens (tertiary/aromatic N) is 1. The molecule has 0 spiro atoms. The first-order chi connectivity index (χ1) is 23.4. The Balaban J connectivity index is 1.58. The maximum Gasteiger partial charge on any atom is 0.326 e. The Hall–Kier alpha value is -5.90. The fourth-order valence-electron chi connectivity index (χ4n) is 5.46. The van der Waals surface area contributed by atoms with E-state index in [-0.39, 0.29) is 51.0 Å². The summed E-state index contributed by atoms with van der Waals surface area (Å²) in [6.07, 6.45) is 3.12. The van der Waals surface area contributed by atoms with E-state index in [9.17, 15) is 29.1 Å². The summed E-state index contributed by atoms with van der Waals surface area (Å²) in [7, 11) is 0. The third-order valence-corrected chi connectivity index (χ3v) is 8.03. The number of carbonyl (C=O) groups excluding carboxylic acids is 3. The smallest absolute Gasteiger partial charge is 0.326 e. The molecule has 0 bridgehead atoms. The first-order valence-corrected chi connectivity index (χ1v) is 15.7. The fraction of sp³-hybridized carbons (Fsp3) is 0.333. The largest absolute Gasteiger partial charge is 0.481 e. The van der Waals surface area contributed by atoms with Crippen molar-refractivity contribution in [2.75, 3.05) is 6.54 Å². The van der Waals surface area contributed by atoms with Crippen molar-refractivity contribution in [2.45, 2.75) is 62.7 Å². The molecule has 0 saturated carbocycles. The highest BCUT2D eigenvalue weighted by Crippen LogP contribution is 2.21. The van der Waals surface area contributed by atoms with Gasteiger partial charge in [0.1, 0.15) is 18.1 Å². The van der Waals surface area contributed by atoms with Crippen molar-refractivity contribution >= 4 is 57.4 Å². The molecule has 3 amide bonds. The number of nitrogens with two attached hydrogens (primary N) is 3. The molecule has 4 aromatic rings. The van der Waals surface area contributed by atoms with Crippen molar-refractivity contribution < 1.29 is 34.2 Å². The van der Waals surface area contributed by atoms with E-state index in [4.69, 9.17) is 22.3 Å². The standard InChI is InChI=1S/C33H41N9O7/c34-22(11-12-28(43)44)29(45)40-25(10-5-13-37-33(35)36)30(46)41-26(14-18-16-38-23-8-3-1-6-20(18)23)31(47)42-27(32(48)49)15-19-17-39-24-9-4-2-7-21(19)24/h1-4,6-9,16-17,22,25-27,38-39H,5,10-15,34H2,(H,40,45)(H,41,46)(H,42,47)(H,43,44)(H,48,49)(H4,35,36,37)/t22-,25-,26-,27-/m0/s1. The van der Waals surface area contributed by atoms with Crippen molar-refractivity contribution in [2.24, 2.45) is 22.2 Å². The molecule has 260 valence electrons. The highest BCUT2D eigenvalue weighted by molar-refractivity contribution is 5.95. The van der Waals surface area contributed by atoms with Gasteiger partial charge in [-0.1, -0.05) is 36.4 Å². The minimum atomic E-state index is -1.34. The van der Waals surface area contributed by atoms with Crippen LogP contribution >= 0.6 is 0 Å². The maximum atomic E-state index is 13.9. The molecular weight excluding hydrogens is 634 g/mol. The fourth-order valence-corrected chi connectivity index (χ4v) is 5.46. The molecule has 2 aromatic carbocycles. The number of guanidine groups is 1. The third-order valence-electron chi connectivity index (χ3n) is 8.03. The Kier molecular flexibility index (Phi) is 12.3. The highest BCUT2D eigenvalue weighted by atomic mass is 16.4. The number of aliphatic carboxylic acids is 2. The molecule has 4 atom stereocenters. The average Bonchev–Trinajstić information content (AvgIpc) is 3.67. The van der Waals surface area contributed by atoms with Crippen LogP contribution in [0.1, 0.15) is 36.8 Å². The zero-order valence-corrected chi connectivity index (χ0v) is 26.6. The number of aromatic amines is 2. The van der Waals surface area contributed by atoms with Gasteiger partial charge in [0.05, 0.1) is 6.04 Å². The lowest BCUT2D eigenvalue weighted by Crippen LogP contribution is -2.57. The van der Waals surface area contributed by atoms with Crippen LogP contribution in [0.25, 0.3) is 21.8 Å². The van der Waals surface area contributed by atoms with E-state index in [1.54, 1.807) is 12.4 Å². The van der Waals surface area contributed by atoms with Crippen LogP contribution in [0.5, 0.6) is 0 Å². The molecule has 0 radical (unpaired) electrons. The van der Waals surface area contributed by atoms with E-state index >= 15 is 0 Å². The van der Waals surface area contributed by atoms with Crippen molar-refractivity contribution in [3.05, 3.63) is 72.1 Å². The number of hydrogen-bond acceptors (Lipinski definition) is 7. The van der Waals surface area contributed by atoms with E-state index in [0.29, 0.717) is 11.1 Å². The second-order valence-corrected chi connectivity index (χ2v) is 11.6. The van der Waals surface area contributed by atoms with Gasteiger partial charge in [-0.3, -0.25) is 24.2 Å². The number of H-pyrrole nitrogens is 2. The van der Waals surface area contributed by atoms with Gasteiger partial charge >= 0.3 is 11.9 Å². The molecule has 0 aliphatic carbocycles. The number of carboxylic acid groups (broad SMARTS) is 2. The van der Waals surface area contributed by atoms with Gasteiger partial charge in [-0.15, -0.1) is 0 Å². The summed E-state index contributed by atoms with van der Waals surface area (Å²) in [5, 5.41) is 28.5. The number of carbonyl (C=O) groups is 5. The lowest BCUT2D eigenvalue weighted by Gasteiger charge is -2.25. The predicted molar refractivity (Wildman–Crippen MR) is 182 cm³/mol. The summed E-state index contributed by atoms with van der Waals surface area (Å²) >= 11 is 0. The van der Waals surface area contributed by atoms with Crippen LogP contribution in [0.3, 0.4) is 0 Å². The number of hydrogen-bond donors (Lipinski definition) is 10. The van der Waals surface area contributed by atoms with Crippen LogP contribution < -0.4 is 33.2 Å². The number of nitrogens with one attached hydrogen (secondary N) is 5. The van der Waals surface area contributed by atoms with Crippen molar-refractivity contribution in [1.29, 1.82) is 0 Å². The van der Waals surface area contributed by atoms with E-state index in [1.807, 2.05) is 48.5 Å². The number of para-hydroxylation sites is 2. The lowest BCUT2D eigenvalue weighted by atomic mass is 10.0. The molecule has 0 aliphatic heterocycles. The number of aromatic nitrogens is 2. The summed E-state index contributed by atoms with van der Waals surface area (Å²) in [6, 6.07) is 9.70. The highest BCUT2D eigenvalue weighted by Gasteiger charge is 2.31. The van der Waals surface area contributed by atoms with Crippen LogP contribution in [0, 0.1) is 0 Å². The van der Waals surface area contributed by atoms with E-state index in [0.717, 1.165) is 21.8 Å². The molecule has 0 saturated heterocycles. The Bertz CT molecular complexity index is 1830. The zero-order chi connectivity index (χ0) is 35.5. The van der Waals surface area contributed by atoms with Gasteiger partial charge in [-0.2, -0.15) is 0 Å². The summed E-state index contributed by atoms with van der Waals surface area (Å²) in [6.45, 7) is 0.139. The molecule has 0 fully saturated rings. The van der Waals surface area contributed by atoms with Gasteiger partial charge in [0.2, 0.25) is 17.7 Å². The third kappa shape index (κ3) is 10.0. The molecule has 4 rings (SSSR count). The zero-order valence-electron chi connectivity index (χ0n) is 26.6. The number of amides is 3. The Morgan fingerprint density at radius 2 is 1.22 bits per heavy atom. The van der Waals surface area contributed by atoms with Gasteiger partial charge in [0.15, 0.2) is 5.96 Å². The second kappa shape index (κ2) is 16.8. The molecule has 2 aromatic heterocycles. The van der Waals surface area contributed by atoms with Crippen molar-refractivity contribution in [1.82, 2.24) is 25.9 Å². The van der Waals surface area contributed by atoms with Gasteiger partial charge in [-0.05, 0) is 42.5 Å². The van der Waals surface area contributed by atoms with Gasteiger partial charge in [0.25, 0.3) is 0 Å². The Morgan fingerprint density at radius 1 is 0.714 bits per heavy atom. The summed E-state index contributed by atoms with van der Waals surface area (Å²) < 4.78 is 0. The monoisotopic (exact) mass is 675 g/mol. The molecule has 16 nitrogen and oxygen atoms in total. The lowest BCUT2D eigenvalue weighted by molar-refractivity contribution is -0.142. The van der Waals surface area contributed by atoms with Crippen LogP contribution in [-0.4, -0.2) is 86.5 Å². The number of carboxylic acids is 2. The summed E-state index contributed by atoms with van der Waals surface area (Å²) in [5.41, 5.74) is 19.7. The van der Waals surface area contributed by atoms with E-state index in [2.05, 4.69) is 30.9 Å². The van der Waals surface area contributed by atoms with Gasteiger partial charge < -0.3 is 53.3 Å². The van der Waals surface area contributed by atoms with Crippen LogP contribution in [0.15, 0.2) is 65.9 Å². The van der Waals surface area contributed by atoms with E-state index in [1.165, 1.54) is 0 Å². The topological polar surface area (TPSA) is 284 Å². The second-order valence-electron chi connectivity index (χ2n) is 11.6. The van der Waals surface area contributed by atoms with Crippen molar-refractivity contribution in [3.63, 3.8) is 0 Å². The molecule has 49 heavy (non-hydrogen) atoms. The van der Waals surface area contributed by atoms with Crippen LogP contribution in [0.2, 0.25) is 0 Å². The summed E-state index contributed by atoms with van der Waals surface area (Å²) in [5.74, 6) is -4.81. The molecule has 16 heteroatoms. The normalized spacial score (nSPS) is 13.6. The quantitative estimate of drug-likeness (QED) is 0.0389. The number of fused-ring (bicyclic) bond motifs is 2. The van der Waals surface area contributed by atoms with Crippen LogP contribution in [-0.2, 0) is 36.8 Å². The Labute approximate surface area is 280 Å². The molecule has 13 N–H and O–H groups in total. The number of rotatable bonds is 18. The first kappa shape index (κ1) is 35.9. The predicted octanol–water partition coefficient (Wildman–Crippen LogP) is 0.219. The first-order valence-electron chi connectivity index (χ1n) is 15.7. The molecule has 0 aliphatic rings. The SMILES string of the molecule is NC(N)=NCCC[C@H](NC(=O)[C@@H](N)CCC(=O)O)C(=O)N[C@@H](Cc1c[nH]c2ccccc12)C(=O)N[C@@H](Cc1c[nH]c2ccccc12)C(=O)O. The minimum absolute atomic E-state index is 0.0200. The summed E-state index contributed by atoms with van der Waals surface area (Å²) in [4.78, 5) is 74.0. The van der Waals surface area contributed by atoms with Gasteiger partial charge in [0, 0.05) is 60.0 Å². The number of benzene rings is 2. The maximum absolute atomic E-state index is 13.9. The average molecular weight is 676 g/mol. The Morgan fingerprint density at radius 3 is 1.78 bits per heavy atom. The molecular formula is C33H41N9O7. The van der Waals surface area contributed by atoms with Crippen LogP contribution in [0.4, 0.5) is 0 Å².